The Morgan fingerprint density at radius 3 is 2.72 bits per heavy atom. The number of amides is 1. The van der Waals surface area contributed by atoms with Crippen LogP contribution < -0.4 is 4.74 Å². The van der Waals surface area contributed by atoms with E-state index in [0.717, 1.165) is 46.6 Å². The minimum atomic E-state index is -0.267. The number of rotatable bonds is 4. The van der Waals surface area contributed by atoms with Gasteiger partial charge in [0.15, 0.2) is 0 Å². The molecule has 3 heterocycles. The van der Waals surface area contributed by atoms with Gasteiger partial charge in [0.1, 0.15) is 11.6 Å². The number of hydrogen-bond acceptors (Lipinski definition) is 3. The van der Waals surface area contributed by atoms with E-state index in [1.54, 1.807) is 25.6 Å². The number of imidazole rings is 1. The number of ether oxygens (including phenoxy) is 1. The zero-order valence-corrected chi connectivity index (χ0v) is 18.1. The summed E-state index contributed by atoms with van der Waals surface area (Å²) in [7, 11) is 1.64. The van der Waals surface area contributed by atoms with E-state index in [1.165, 1.54) is 12.1 Å². The molecule has 2 aliphatic heterocycles. The monoisotopic (exact) mass is 429 g/mol. The number of aromatic nitrogens is 2. The van der Waals surface area contributed by atoms with Gasteiger partial charge in [-0.05, 0) is 61.2 Å². The molecule has 6 heteroatoms. The van der Waals surface area contributed by atoms with Crippen molar-refractivity contribution < 1.29 is 13.9 Å². The van der Waals surface area contributed by atoms with Gasteiger partial charge in [0.05, 0.1) is 30.9 Å². The molecule has 5 rings (SSSR count). The van der Waals surface area contributed by atoms with Crippen molar-refractivity contribution in [2.75, 3.05) is 7.11 Å². The molecule has 2 aromatic carbocycles. The predicted octanol–water partition coefficient (Wildman–Crippen LogP) is 5.36. The SMILES string of the molecule is COc1cc(C=C2CC3=CCC[C@H](c4ccc(F)cc4)N3C2=O)ccc1-n1cnc(C)c1. The van der Waals surface area contributed by atoms with Gasteiger partial charge in [-0.3, -0.25) is 4.79 Å². The van der Waals surface area contributed by atoms with Gasteiger partial charge in [0.25, 0.3) is 5.91 Å². The summed E-state index contributed by atoms with van der Waals surface area (Å²) in [5.74, 6) is 0.457. The lowest BCUT2D eigenvalue weighted by Crippen LogP contribution is -2.31. The maximum absolute atomic E-state index is 13.4. The highest BCUT2D eigenvalue weighted by Crippen LogP contribution is 2.42. The van der Waals surface area contributed by atoms with E-state index >= 15 is 0 Å². The molecule has 3 aromatic rings. The molecule has 5 nitrogen and oxygen atoms in total. The molecule has 0 aliphatic carbocycles. The van der Waals surface area contributed by atoms with Crippen LogP contribution in [0.3, 0.4) is 0 Å². The van der Waals surface area contributed by atoms with E-state index in [9.17, 15) is 9.18 Å². The number of allylic oxidation sites excluding steroid dienone is 2. The first kappa shape index (κ1) is 20.2. The van der Waals surface area contributed by atoms with E-state index in [0.29, 0.717) is 12.2 Å². The van der Waals surface area contributed by atoms with Crippen LogP contribution in [0, 0.1) is 12.7 Å². The summed E-state index contributed by atoms with van der Waals surface area (Å²) in [5.41, 5.74) is 5.47. The predicted molar refractivity (Wildman–Crippen MR) is 121 cm³/mol. The number of hydrogen-bond donors (Lipinski definition) is 0. The van der Waals surface area contributed by atoms with Gasteiger partial charge in [-0.25, -0.2) is 9.37 Å². The van der Waals surface area contributed by atoms with Gasteiger partial charge in [0, 0.05) is 23.9 Å². The number of fused-ring (bicyclic) bond motifs is 1. The zero-order valence-electron chi connectivity index (χ0n) is 18.1. The lowest BCUT2D eigenvalue weighted by atomic mass is 9.97. The minimum absolute atomic E-state index is 0.0125. The van der Waals surface area contributed by atoms with Gasteiger partial charge >= 0.3 is 0 Å². The van der Waals surface area contributed by atoms with Crippen LogP contribution >= 0.6 is 0 Å². The molecule has 0 radical (unpaired) electrons. The van der Waals surface area contributed by atoms with Gasteiger partial charge in [0.2, 0.25) is 0 Å². The zero-order chi connectivity index (χ0) is 22.2. The van der Waals surface area contributed by atoms with Crippen molar-refractivity contribution in [3.8, 4) is 11.4 Å². The van der Waals surface area contributed by atoms with Gasteiger partial charge < -0.3 is 14.2 Å². The molecule has 1 saturated heterocycles. The third-order valence-corrected chi connectivity index (χ3v) is 6.10. The fourth-order valence-electron chi connectivity index (χ4n) is 4.56. The van der Waals surface area contributed by atoms with E-state index in [2.05, 4.69) is 11.1 Å². The molecule has 0 unspecified atom stereocenters. The van der Waals surface area contributed by atoms with Crippen LogP contribution in [0.25, 0.3) is 11.8 Å². The van der Waals surface area contributed by atoms with Crippen LogP contribution in [-0.4, -0.2) is 27.5 Å². The Morgan fingerprint density at radius 1 is 1.19 bits per heavy atom. The fraction of sp³-hybridized carbons (Fsp3) is 0.231. The van der Waals surface area contributed by atoms with E-state index in [4.69, 9.17) is 4.74 Å². The summed E-state index contributed by atoms with van der Waals surface area (Å²) in [6, 6.07) is 12.3. The second kappa shape index (κ2) is 8.11. The maximum Gasteiger partial charge on any atom is 0.254 e. The van der Waals surface area contributed by atoms with Crippen molar-refractivity contribution in [1.29, 1.82) is 0 Å². The smallest absolute Gasteiger partial charge is 0.254 e. The molecular formula is C26H24FN3O2. The minimum Gasteiger partial charge on any atom is -0.495 e. The summed E-state index contributed by atoms with van der Waals surface area (Å²) in [5, 5.41) is 0. The van der Waals surface area contributed by atoms with Gasteiger partial charge in [-0.1, -0.05) is 24.3 Å². The number of aryl methyl sites for hydroxylation is 1. The maximum atomic E-state index is 13.4. The Bertz CT molecular complexity index is 1240. The van der Waals surface area contributed by atoms with Crippen molar-refractivity contribution in [1.82, 2.24) is 14.5 Å². The van der Waals surface area contributed by atoms with Crippen LogP contribution in [0.1, 0.15) is 42.1 Å². The van der Waals surface area contributed by atoms with Crippen molar-refractivity contribution in [3.05, 3.63) is 95.0 Å². The summed E-state index contributed by atoms with van der Waals surface area (Å²) >= 11 is 0. The quantitative estimate of drug-likeness (QED) is 0.525. The number of nitrogens with zero attached hydrogens (tertiary/aromatic N) is 3. The number of carbonyl (C=O) groups is 1. The number of carbonyl (C=O) groups excluding carboxylic acids is 1. The first-order valence-corrected chi connectivity index (χ1v) is 10.7. The molecule has 0 N–H and O–H groups in total. The van der Waals surface area contributed by atoms with Crippen LogP contribution in [0.5, 0.6) is 5.75 Å². The Labute approximate surface area is 186 Å². The molecule has 1 fully saturated rings. The summed E-state index contributed by atoms with van der Waals surface area (Å²) in [6.45, 7) is 1.94. The first-order chi connectivity index (χ1) is 15.5. The van der Waals surface area contributed by atoms with E-state index in [-0.39, 0.29) is 17.8 Å². The van der Waals surface area contributed by atoms with Crippen LogP contribution in [0.15, 0.2) is 72.3 Å². The standard InChI is InChI=1S/C26H24FN3O2/c1-17-15-29(16-28-17)24-11-6-18(13-25(24)32-2)12-20-14-22-4-3-5-23(30(22)26(20)31)19-7-9-21(27)10-8-19/h4,6-13,15-16,23H,3,5,14H2,1-2H3/t23-/m1/s1. The van der Waals surface area contributed by atoms with Crippen LogP contribution in [0.2, 0.25) is 0 Å². The highest BCUT2D eigenvalue weighted by molar-refractivity contribution is 6.02. The third-order valence-electron chi connectivity index (χ3n) is 6.10. The molecule has 162 valence electrons. The highest BCUT2D eigenvalue weighted by atomic mass is 19.1. The average Bonchev–Trinajstić information content (AvgIpc) is 3.37. The Balaban J connectivity index is 1.45. The molecule has 2 aliphatic rings. The Hall–Kier alpha value is -3.67. The largest absolute Gasteiger partial charge is 0.495 e. The second-order valence-corrected chi connectivity index (χ2v) is 8.22. The van der Waals surface area contributed by atoms with Crippen LogP contribution in [0.4, 0.5) is 4.39 Å². The lowest BCUT2D eigenvalue weighted by Gasteiger charge is -2.32. The average molecular weight is 429 g/mol. The van der Waals surface area contributed by atoms with Crippen molar-refractivity contribution in [3.63, 3.8) is 0 Å². The summed E-state index contributed by atoms with van der Waals surface area (Å²) in [4.78, 5) is 19.5. The fourth-order valence-corrected chi connectivity index (χ4v) is 4.56. The van der Waals surface area contributed by atoms with E-state index in [1.807, 2.05) is 46.9 Å². The molecule has 1 amide bonds. The molecular weight excluding hydrogens is 405 g/mol. The van der Waals surface area contributed by atoms with Gasteiger partial charge in [-0.15, -0.1) is 0 Å². The Morgan fingerprint density at radius 2 is 2.00 bits per heavy atom. The Kier molecular flexibility index (Phi) is 5.13. The second-order valence-electron chi connectivity index (χ2n) is 8.22. The third kappa shape index (κ3) is 3.62. The van der Waals surface area contributed by atoms with Crippen molar-refractivity contribution in [2.45, 2.75) is 32.2 Å². The van der Waals surface area contributed by atoms with Gasteiger partial charge in [-0.2, -0.15) is 0 Å². The summed E-state index contributed by atoms with van der Waals surface area (Å²) < 4.78 is 20.9. The summed E-state index contributed by atoms with van der Waals surface area (Å²) in [6.07, 6.45) is 10.1. The topological polar surface area (TPSA) is 47.4 Å². The molecule has 1 atom stereocenters. The van der Waals surface area contributed by atoms with E-state index < -0.39 is 0 Å². The highest BCUT2D eigenvalue weighted by Gasteiger charge is 2.38. The van der Waals surface area contributed by atoms with Crippen LogP contribution in [-0.2, 0) is 4.79 Å². The number of methoxy groups -OCH3 is 1. The molecule has 0 bridgehead atoms. The molecule has 1 aromatic heterocycles. The normalized spacial score (nSPS) is 19.3. The number of benzene rings is 2. The molecule has 0 saturated carbocycles. The van der Waals surface area contributed by atoms with Crippen molar-refractivity contribution >= 4 is 12.0 Å². The van der Waals surface area contributed by atoms with Crippen molar-refractivity contribution in [2.24, 2.45) is 0 Å². The number of halogens is 1. The first-order valence-electron chi connectivity index (χ1n) is 10.7. The lowest BCUT2D eigenvalue weighted by molar-refractivity contribution is -0.125. The molecule has 0 spiro atoms. The molecule has 32 heavy (non-hydrogen) atoms.